The van der Waals surface area contributed by atoms with Crippen molar-refractivity contribution in [2.24, 2.45) is 0 Å². The molecule has 2 aromatic rings. The lowest BCUT2D eigenvalue weighted by atomic mass is 10.2. The first-order chi connectivity index (χ1) is 9.20. The zero-order valence-corrected chi connectivity index (χ0v) is 11.1. The number of benzene rings is 1. The van der Waals surface area contributed by atoms with Crippen molar-refractivity contribution in [3.8, 4) is 11.8 Å². The molecule has 0 unspecified atom stereocenters. The Morgan fingerprint density at radius 2 is 2.05 bits per heavy atom. The Labute approximate surface area is 112 Å². The molecular weight excluding hydrogens is 240 g/mol. The van der Waals surface area contributed by atoms with E-state index >= 15 is 0 Å². The first-order valence-electron chi connectivity index (χ1n) is 6.17. The van der Waals surface area contributed by atoms with Crippen LogP contribution in [0.25, 0.3) is 0 Å². The molecule has 0 amide bonds. The number of aromatic nitrogens is 3. The molecule has 2 rings (SSSR count). The van der Waals surface area contributed by atoms with Crippen LogP contribution in [0.15, 0.2) is 30.6 Å². The van der Waals surface area contributed by atoms with Gasteiger partial charge in [-0.3, -0.25) is 0 Å². The number of nitrogens with zero attached hydrogens (tertiary/aromatic N) is 4. The van der Waals surface area contributed by atoms with Gasteiger partial charge in [-0.05, 0) is 31.5 Å². The summed E-state index contributed by atoms with van der Waals surface area (Å²) in [7, 11) is 0. The summed E-state index contributed by atoms with van der Waals surface area (Å²) >= 11 is 0. The van der Waals surface area contributed by atoms with E-state index < -0.39 is 0 Å². The highest BCUT2D eigenvalue weighted by Gasteiger charge is 2.08. The summed E-state index contributed by atoms with van der Waals surface area (Å²) in [6, 6.07) is 9.90. The third-order valence-electron chi connectivity index (χ3n) is 2.71. The average molecular weight is 256 g/mol. The van der Waals surface area contributed by atoms with Crippen molar-refractivity contribution >= 4 is 0 Å². The van der Waals surface area contributed by atoms with E-state index in [4.69, 9.17) is 10.00 Å². The fraction of sp³-hybridized carbons (Fsp3) is 0.357. The second kappa shape index (κ2) is 6.01. The van der Waals surface area contributed by atoms with Gasteiger partial charge in [-0.2, -0.15) is 10.4 Å². The molecule has 1 aromatic heterocycles. The van der Waals surface area contributed by atoms with Crippen LogP contribution in [-0.2, 0) is 13.0 Å². The molecule has 0 atom stereocenters. The average Bonchev–Trinajstić information content (AvgIpc) is 2.87. The van der Waals surface area contributed by atoms with Gasteiger partial charge in [-0.25, -0.2) is 9.67 Å². The largest absolute Gasteiger partial charge is 0.486 e. The van der Waals surface area contributed by atoms with Crippen molar-refractivity contribution in [3.63, 3.8) is 0 Å². The lowest BCUT2D eigenvalue weighted by Gasteiger charge is -2.10. The van der Waals surface area contributed by atoms with E-state index in [1.54, 1.807) is 0 Å². The van der Waals surface area contributed by atoms with E-state index in [0.29, 0.717) is 13.0 Å². The van der Waals surface area contributed by atoms with Crippen LogP contribution >= 0.6 is 0 Å². The van der Waals surface area contributed by atoms with E-state index in [0.717, 1.165) is 17.1 Å². The lowest BCUT2D eigenvalue weighted by molar-refractivity contribution is 0.282. The van der Waals surface area contributed by atoms with Crippen LogP contribution in [0.2, 0.25) is 0 Å². The fourth-order valence-corrected chi connectivity index (χ4v) is 1.75. The highest BCUT2D eigenvalue weighted by molar-refractivity contribution is 5.28. The first-order valence-corrected chi connectivity index (χ1v) is 6.17. The van der Waals surface area contributed by atoms with E-state index in [1.165, 1.54) is 6.33 Å². The molecule has 0 bridgehead atoms. The molecule has 0 N–H and O–H groups in total. The van der Waals surface area contributed by atoms with Gasteiger partial charge in [0.1, 0.15) is 18.7 Å². The lowest BCUT2D eigenvalue weighted by Crippen LogP contribution is -2.10. The minimum Gasteiger partial charge on any atom is -0.486 e. The Hall–Kier alpha value is -2.35. The second-order valence-corrected chi connectivity index (χ2v) is 4.48. The SMILES string of the molecule is CC(C)n1ncnc1COc1ccc(CC#N)cc1. The van der Waals surface area contributed by atoms with Gasteiger partial charge in [0.25, 0.3) is 0 Å². The predicted octanol–water partition coefficient (Wildman–Crippen LogP) is 2.50. The third-order valence-corrected chi connectivity index (χ3v) is 2.71. The number of nitriles is 1. The Kier molecular flexibility index (Phi) is 4.14. The van der Waals surface area contributed by atoms with Crippen molar-refractivity contribution in [1.29, 1.82) is 5.26 Å². The summed E-state index contributed by atoms with van der Waals surface area (Å²) in [5.41, 5.74) is 0.986. The van der Waals surface area contributed by atoms with E-state index in [-0.39, 0.29) is 6.04 Å². The molecule has 0 aliphatic carbocycles. The van der Waals surface area contributed by atoms with Gasteiger partial charge in [0.05, 0.1) is 12.5 Å². The minimum absolute atomic E-state index is 0.263. The molecule has 5 heteroatoms. The zero-order valence-electron chi connectivity index (χ0n) is 11.1. The van der Waals surface area contributed by atoms with Crippen molar-refractivity contribution in [2.75, 3.05) is 0 Å². The standard InChI is InChI=1S/C14H16N4O/c1-11(2)18-14(16-10-17-18)9-19-13-5-3-12(4-6-13)7-8-15/h3-6,10-11H,7,9H2,1-2H3. The first kappa shape index (κ1) is 13.1. The molecule has 0 radical (unpaired) electrons. The number of hydrogen-bond donors (Lipinski definition) is 0. The maximum absolute atomic E-state index is 8.60. The van der Waals surface area contributed by atoms with Gasteiger partial charge in [-0.1, -0.05) is 12.1 Å². The van der Waals surface area contributed by atoms with Crippen molar-refractivity contribution < 1.29 is 4.74 Å². The normalized spacial score (nSPS) is 10.4. The monoisotopic (exact) mass is 256 g/mol. The van der Waals surface area contributed by atoms with Crippen LogP contribution in [0.5, 0.6) is 5.75 Å². The summed E-state index contributed by atoms with van der Waals surface area (Å²) in [6.45, 7) is 4.49. The molecule has 0 aliphatic rings. The van der Waals surface area contributed by atoms with E-state index in [9.17, 15) is 0 Å². The molecule has 0 saturated heterocycles. The van der Waals surface area contributed by atoms with Crippen molar-refractivity contribution in [3.05, 3.63) is 42.0 Å². The Morgan fingerprint density at radius 3 is 2.68 bits per heavy atom. The molecule has 0 aliphatic heterocycles. The van der Waals surface area contributed by atoms with Crippen LogP contribution in [0, 0.1) is 11.3 Å². The minimum atomic E-state index is 0.263. The smallest absolute Gasteiger partial charge is 0.165 e. The zero-order chi connectivity index (χ0) is 13.7. The number of ether oxygens (including phenoxy) is 1. The predicted molar refractivity (Wildman–Crippen MR) is 70.5 cm³/mol. The summed E-state index contributed by atoms with van der Waals surface area (Å²) in [6.07, 6.45) is 1.96. The quantitative estimate of drug-likeness (QED) is 0.824. The molecule has 0 saturated carbocycles. The van der Waals surface area contributed by atoms with Gasteiger partial charge < -0.3 is 4.74 Å². The maximum atomic E-state index is 8.60. The van der Waals surface area contributed by atoms with Gasteiger partial charge in [0, 0.05) is 6.04 Å². The molecule has 1 aromatic carbocycles. The van der Waals surface area contributed by atoms with Crippen LogP contribution < -0.4 is 4.74 Å². The Bertz CT molecular complexity index is 566. The highest BCUT2D eigenvalue weighted by Crippen LogP contribution is 2.14. The third kappa shape index (κ3) is 3.32. The molecular formula is C14H16N4O. The van der Waals surface area contributed by atoms with Gasteiger partial charge >= 0.3 is 0 Å². The van der Waals surface area contributed by atoms with Crippen LogP contribution in [0.3, 0.4) is 0 Å². The van der Waals surface area contributed by atoms with Crippen LogP contribution in [-0.4, -0.2) is 14.8 Å². The van der Waals surface area contributed by atoms with Crippen LogP contribution in [0.4, 0.5) is 0 Å². The van der Waals surface area contributed by atoms with Gasteiger partial charge in [0.15, 0.2) is 5.82 Å². The summed E-state index contributed by atoms with van der Waals surface area (Å²) in [4.78, 5) is 4.18. The maximum Gasteiger partial charge on any atom is 0.165 e. The van der Waals surface area contributed by atoms with E-state index in [2.05, 4.69) is 30.0 Å². The molecule has 19 heavy (non-hydrogen) atoms. The van der Waals surface area contributed by atoms with Gasteiger partial charge in [-0.15, -0.1) is 0 Å². The molecule has 5 nitrogen and oxygen atoms in total. The van der Waals surface area contributed by atoms with Crippen LogP contribution in [0.1, 0.15) is 31.3 Å². The number of rotatable bonds is 5. The molecule has 98 valence electrons. The van der Waals surface area contributed by atoms with Crippen molar-refractivity contribution in [1.82, 2.24) is 14.8 Å². The Balaban J connectivity index is 1.98. The summed E-state index contributed by atoms with van der Waals surface area (Å²) in [5.74, 6) is 1.57. The molecule has 1 heterocycles. The molecule has 0 spiro atoms. The fourth-order valence-electron chi connectivity index (χ4n) is 1.75. The topological polar surface area (TPSA) is 63.7 Å². The Morgan fingerprint density at radius 1 is 1.32 bits per heavy atom. The van der Waals surface area contributed by atoms with Gasteiger partial charge in [0.2, 0.25) is 0 Å². The molecule has 0 fully saturated rings. The van der Waals surface area contributed by atoms with E-state index in [1.807, 2.05) is 28.9 Å². The highest BCUT2D eigenvalue weighted by atomic mass is 16.5. The second-order valence-electron chi connectivity index (χ2n) is 4.48. The van der Waals surface area contributed by atoms with Crippen molar-refractivity contribution in [2.45, 2.75) is 32.9 Å². The number of hydrogen-bond acceptors (Lipinski definition) is 4. The summed E-state index contributed by atoms with van der Waals surface area (Å²) in [5, 5.41) is 12.8. The summed E-state index contributed by atoms with van der Waals surface area (Å²) < 4.78 is 7.51.